The Bertz CT molecular complexity index is 295. The number of rotatable bonds is 5. The fourth-order valence-corrected chi connectivity index (χ4v) is 1.24. The molecule has 1 aromatic carbocycles. The molecule has 0 radical (unpaired) electrons. The van der Waals surface area contributed by atoms with E-state index in [-0.39, 0.29) is 12.6 Å². The Morgan fingerprint density at radius 2 is 2.00 bits per heavy atom. The standard InChI is InChI=1S/C13H19NO/c1-12(11-15)14(2)10-6-9-13-7-4-3-5-8-13/h3-9,12,15H,10-11H2,1-2H3/b9-6+. The average Bonchev–Trinajstić information content (AvgIpc) is 2.29. The van der Waals surface area contributed by atoms with Crippen molar-refractivity contribution in [2.45, 2.75) is 13.0 Å². The maximum atomic E-state index is 8.96. The van der Waals surface area contributed by atoms with Crippen molar-refractivity contribution in [3.8, 4) is 0 Å². The number of aliphatic hydroxyl groups excluding tert-OH is 1. The number of likely N-dealkylation sites (N-methyl/N-ethyl adjacent to an activating group) is 1. The Morgan fingerprint density at radius 3 is 2.60 bits per heavy atom. The van der Waals surface area contributed by atoms with E-state index in [1.165, 1.54) is 5.56 Å². The molecule has 1 atom stereocenters. The molecule has 0 fully saturated rings. The van der Waals surface area contributed by atoms with Crippen molar-refractivity contribution in [2.75, 3.05) is 20.2 Å². The Morgan fingerprint density at radius 1 is 1.33 bits per heavy atom. The lowest BCUT2D eigenvalue weighted by Crippen LogP contribution is -2.31. The first-order valence-electron chi connectivity index (χ1n) is 5.26. The van der Waals surface area contributed by atoms with E-state index in [2.05, 4.69) is 29.2 Å². The van der Waals surface area contributed by atoms with Crippen molar-refractivity contribution in [2.24, 2.45) is 0 Å². The van der Waals surface area contributed by atoms with E-state index in [1.807, 2.05) is 32.2 Å². The lowest BCUT2D eigenvalue weighted by molar-refractivity contribution is 0.170. The lowest BCUT2D eigenvalue weighted by atomic mass is 10.2. The highest BCUT2D eigenvalue weighted by atomic mass is 16.3. The molecular formula is C13H19NO. The Kier molecular flexibility index (Phi) is 5.08. The molecule has 0 amide bonds. The van der Waals surface area contributed by atoms with Gasteiger partial charge < -0.3 is 5.11 Å². The normalized spacial score (nSPS) is 13.6. The first-order valence-corrected chi connectivity index (χ1v) is 5.26. The van der Waals surface area contributed by atoms with E-state index in [0.29, 0.717) is 0 Å². The van der Waals surface area contributed by atoms with E-state index in [9.17, 15) is 0 Å². The molecule has 1 aromatic rings. The highest BCUT2D eigenvalue weighted by molar-refractivity contribution is 5.48. The number of aliphatic hydroxyl groups is 1. The van der Waals surface area contributed by atoms with Crippen LogP contribution in [0.25, 0.3) is 6.08 Å². The summed E-state index contributed by atoms with van der Waals surface area (Å²) in [6.45, 7) is 3.07. The van der Waals surface area contributed by atoms with E-state index in [0.717, 1.165) is 6.54 Å². The zero-order chi connectivity index (χ0) is 11.1. The highest BCUT2D eigenvalue weighted by Crippen LogP contribution is 2.01. The number of hydrogen-bond donors (Lipinski definition) is 1. The molecule has 0 saturated heterocycles. The van der Waals surface area contributed by atoms with Crippen LogP contribution < -0.4 is 0 Å². The van der Waals surface area contributed by atoms with Crippen molar-refractivity contribution in [3.63, 3.8) is 0 Å². The van der Waals surface area contributed by atoms with Crippen molar-refractivity contribution < 1.29 is 5.11 Å². The van der Waals surface area contributed by atoms with Gasteiger partial charge in [-0.25, -0.2) is 0 Å². The first kappa shape index (κ1) is 12.0. The molecule has 1 unspecified atom stereocenters. The zero-order valence-corrected chi connectivity index (χ0v) is 9.43. The summed E-state index contributed by atoms with van der Waals surface area (Å²) in [6, 6.07) is 10.4. The third-order valence-electron chi connectivity index (χ3n) is 2.52. The van der Waals surface area contributed by atoms with Crippen molar-refractivity contribution in [1.82, 2.24) is 4.90 Å². The van der Waals surface area contributed by atoms with Gasteiger partial charge >= 0.3 is 0 Å². The number of nitrogens with zero attached hydrogens (tertiary/aromatic N) is 1. The summed E-state index contributed by atoms with van der Waals surface area (Å²) >= 11 is 0. The largest absolute Gasteiger partial charge is 0.395 e. The van der Waals surface area contributed by atoms with Crippen molar-refractivity contribution in [3.05, 3.63) is 42.0 Å². The van der Waals surface area contributed by atoms with Gasteiger partial charge in [0, 0.05) is 12.6 Å². The zero-order valence-electron chi connectivity index (χ0n) is 9.43. The van der Waals surface area contributed by atoms with Crippen LogP contribution in [0.2, 0.25) is 0 Å². The van der Waals surface area contributed by atoms with Crippen LogP contribution in [0.15, 0.2) is 36.4 Å². The quantitative estimate of drug-likeness (QED) is 0.795. The van der Waals surface area contributed by atoms with Gasteiger partial charge in [0.2, 0.25) is 0 Å². The van der Waals surface area contributed by atoms with E-state index >= 15 is 0 Å². The van der Waals surface area contributed by atoms with Crippen LogP contribution >= 0.6 is 0 Å². The number of hydrogen-bond acceptors (Lipinski definition) is 2. The third kappa shape index (κ3) is 4.28. The molecule has 1 N–H and O–H groups in total. The van der Waals surface area contributed by atoms with Crippen LogP contribution in [-0.2, 0) is 0 Å². The second kappa shape index (κ2) is 6.38. The van der Waals surface area contributed by atoms with E-state index < -0.39 is 0 Å². The maximum Gasteiger partial charge on any atom is 0.0584 e. The van der Waals surface area contributed by atoms with Crippen LogP contribution in [-0.4, -0.2) is 36.2 Å². The molecule has 15 heavy (non-hydrogen) atoms. The molecule has 0 aliphatic carbocycles. The summed E-state index contributed by atoms with van der Waals surface area (Å²) in [5.74, 6) is 0. The summed E-state index contributed by atoms with van der Waals surface area (Å²) < 4.78 is 0. The lowest BCUT2D eigenvalue weighted by Gasteiger charge is -2.20. The molecule has 0 aromatic heterocycles. The van der Waals surface area contributed by atoms with Crippen LogP contribution in [0.3, 0.4) is 0 Å². The Hall–Kier alpha value is -1.12. The second-order valence-corrected chi connectivity index (χ2v) is 3.78. The monoisotopic (exact) mass is 205 g/mol. The first-order chi connectivity index (χ1) is 7.24. The topological polar surface area (TPSA) is 23.5 Å². The molecule has 2 nitrogen and oxygen atoms in total. The van der Waals surface area contributed by atoms with Gasteiger partial charge in [-0.15, -0.1) is 0 Å². The molecule has 0 aliphatic heterocycles. The highest BCUT2D eigenvalue weighted by Gasteiger charge is 2.04. The molecule has 0 heterocycles. The molecule has 0 bridgehead atoms. The molecular weight excluding hydrogens is 186 g/mol. The molecule has 82 valence electrons. The summed E-state index contributed by atoms with van der Waals surface area (Å²) in [5.41, 5.74) is 1.21. The van der Waals surface area contributed by atoms with Gasteiger partial charge in [0.15, 0.2) is 0 Å². The Labute approximate surface area is 91.9 Å². The fourth-order valence-electron chi connectivity index (χ4n) is 1.24. The van der Waals surface area contributed by atoms with Crippen LogP contribution in [0.1, 0.15) is 12.5 Å². The van der Waals surface area contributed by atoms with Gasteiger partial charge in [-0.2, -0.15) is 0 Å². The minimum Gasteiger partial charge on any atom is -0.395 e. The Balaban J connectivity index is 2.40. The molecule has 2 heteroatoms. The van der Waals surface area contributed by atoms with E-state index in [4.69, 9.17) is 5.11 Å². The summed E-state index contributed by atoms with van der Waals surface area (Å²) in [6.07, 6.45) is 4.21. The second-order valence-electron chi connectivity index (χ2n) is 3.78. The van der Waals surface area contributed by atoms with Gasteiger partial charge in [0.05, 0.1) is 6.61 Å². The van der Waals surface area contributed by atoms with Gasteiger partial charge in [0.1, 0.15) is 0 Å². The molecule has 0 spiro atoms. The summed E-state index contributed by atoms with van der Waals surface area (Å²) in [7, 11) is 2.01. The van der Waals surface area contributed by atoms with Gasteiger partial charge in [0.25, 0.3) is 0 Å². The summed E-state index contributed by atoms with van der Waals surface area (Å²) in [5, 5.41) is 8.96. The van der Waals surface area contributed by atoms with Crippen molar-refractivity contribution >= 4 is 6.08 Å². The van der Waals surface area contributed by atoms with Gasteiger partial charge in [-0.1, -0.05) is 42.5 Å². The third-order valence-corrected chi connectivity index (χ3v) is 2.52. The maximum absolute atomic E-state index is 8.96. The van der Waals surface area contributed by atoms with Gasteiger partial charge in [-0.3, -0.25) is 4.90 Å². The minimum absolute atomic E-state index is 0.204. The SMILES string of the molecule is CC(CO)N(C)C/C=C/c1ccccc1. The van der Waals surface area contributed by atoms with Crippen LogP contribution in [0.5, 0.6) is 0 Å². The van der Waals surface area contributed by atoms with Crippen LogP contribution in [0.4, 0.5) is 0 Å². The fraction of sp³-hybridized carbons (Fsp3) is 0.385. The molecule has 0 aliphatic rings. The predicted octanol–water partition coefficient (Wildman–Crippen LogP) is 2.01. The predicted molar refractivity (Wildman–Crippen MR) is 64.7 cm³/mol. The van der Waals surface area contributed by atoms with Crippen molar-refractivity contribution in [1.29, 1.82) is 0 Å². The average molecular weight is 205 g/mol. The van der Waals surface area contributed by atoms with E-state index in [1.54, 1.807) is 0 Å². The smallest absolute Gasteiger partial charge is 0.0584 e. The number of benzene rings is 1. The van der Waals surface area contributed by atoms with Gasteiger partial charge in [-0.05, 0) is 19.5 Å². The molecule has 0 saturated carbocycles. The summed E-state index contributed by atoms with van der Waals surface area (Å²) in [4.78, 5) is 2.11. The molecule has 1 rings (SSSR count). The minimum atomic E-state index is 0.204. The van der Waals surface area contributed by atoms with Crippen LogP contribution in [0, 0.1) is 0 Å².